The van der Waals surface area contributed by atoms with Crippen molar-refractivity contribution in [2.75, 3.05) is 17.6 Å². The molecule has 0 saturated heterocycles. The van der Waals surface area contributed by atoms with Crippen LogP contribution in [0.4, 0.5) is 11.6 Å². The Morgan fingerprint density at radius 1 is 1.33 bits per heavy atom. The highest BCUT2D eigenvalue weighted by atomic mass is 16.5. The van der Waals surface area contributed by atoms with Crippen LogP contribution in [0.15, 0.2) is 30.3 Å². The maximum Gasteiger partial charge on any atom is 0.135 e. The van der Waals surface area contributed by atoms with E-state index in [1.54, 1.807) is 6.07 Å². The number of hydrogen-bond acceptors (Lipinski definition) is 5. The van der Waals surface area contributed by atoms with Gasteiger partial charge in [0.2, 0.25) is 0 Å². The maximum atomic E-state index is 5.90. The summed E-state index contributed by atoms with van der Waals surface area (Å²) < 4.78 is 5.90. The van der Waals surface area contributed by atoms with Crippen LogP contribution in [0.25, 0.3) is 0 Å². The second kappa shape index (κ2) is 5.60. The van der Waals surface area contributed by atoms with Gasteiger partial charge in [-0.2, -0.15) is 0 Å². The van der Waals surface area contributed by atoms with Gasteiger partial charge in [0, 0.05) is 18.4 Å². The van der Waals surface area contributed by atoms with Crippen LogP contribution < -0.4 is 15.8 Å². The largest absolute Gasteiger partial charge is 0.488 e. The van der Waals surface area contributed by atoms with Crippen molar-refractivity contribution in [1.29, 1.82) is 0 Å². The Hall–Kier alpha value is -2.30. The van der Waals surface area contributed by atoms with Crippen molar-refractivity contribution in [3.05, 3.63) is 41.7 Å². The number of nitrogen functional groups attached to an aromatic ring is 1. The van der Waals surface area contributed by atoms with E-state index in [0.717, 1.165) is 23.8 Å². The van der Waals surface area contributed by atoms with Crippen LogP contribution in [0.5, 0.6) is 5.75 Å². The molecule has 110 valence electrons. The summed E-state index contributed by atoms with van der Waals surface area (Å²) in [5.41, 5.74) is 7.09. The summed E-state index contributed by atoms with van der Waals surface area (Å²) in [5, 5.41) is 3.30. The number of hydrogen-bond donors (Lipinski definition) is 2. The van der Waals surface area contributed by atoms with Gasteiger partial charge < -0.3 is 15.8 Å². The minimum absolute atomic E-state index is 0.126. The molecule has 0 bridgehead atoms. The Bertz CT molecular complexity index is 617. The van der Waals surface area contributed by atoms with E-state index in [-0.39, 0.29) is 12.0 Å². The van der Waals surface area contributed by atoms with Gasteiger partial charge in [-0.3, -0.25) is 0 Å². The van der Waals surface area contributed by atoms with Gasteiger partial charge in [0.15, 0.2) is 0 Å². The molecule has 0 spiro atoms. The Morgan fingerprint density at radius 2 is 2.14 bits per heavy atom. The van der Waals surface area contributed by atoms with Gasteiger partial charge in [0.25, 0.3) is 0 Å². The van der Waals surface area contributed by atoms with Crippen molar-refractivity contribution in [2.24, 2.45) is 0 Å². The van der Waals surface area contributed by atoms with E-state index in [1.165, 1.54) is 5.56 Å². The lowest BCUT2D eigenvalue weighted by atomic mass is 10.1. The molecule has 0 saturated carbocycles. The summed E-state index contributed by atoms with van der Waals surface area (Å²) in [4.78, 5) is 8.73. The number of fused-ring (bicyclic) bond motifs is 1. The van der Waals surface area contributed by atoms with Crippen molar-refractivity contribution >= 4 is 11.6 Å². The van der Waals surface area contributed by atoms with Gasteiger partial charge in [-0.25, -0.2) is 9.97 Å². The predicted octanol–water partition coefficient (Wildman–Crippen LogP) is 2.60. The molecule has 0 fully saturated rings. The van der Waals surface area contributed by atoms with Crippen LogP contribution in [0, 0.1) is 0 Å². The lowest BCUT2D eigenvalue weighted by molar-refractivity contribution is 0.246. The third kappa shape index (κ3) is 3.07. The zero-order valence-corrected chi connectivity index (χ0v) is 12.3. The first-order chi connectivity index (χ1) is 10.1. The number of nitrogens with zero attached hydrogens (tertiary/aromatic N) is 2. The second-order valence-corrected chi connectivity index (χ2v) is 5.62. The lowest BCUT2D eigenvalue weighted by Crippen LogP contribution is -2.24. The second-order valence-electron chi connectivity index (χ2n) is 5.62. The molecule has 2 aromatic rings. The molecule has 3 N–H and O–H groups in total. The minimum atomic E-state index is 0.126. The highest BCUT2D eigenvalue weighted by Gasteiger charge is 2.22. The number of rotatable bonds is 4. The molecule has 3 rings (SSSR count). The fourth-order valence-electron chi connectivity index (χ4n) is 2.42. The van der Waals surface area contributed by atoms with Crippen molar-refractivity contribution < 1.29 is 4.74 Å². The zero-order valence-electron chi connectivity index (χ0n) is 12.3. The summed E-state index contributed by atoms with van der Waals surface area (Å²) in [5.74, 6) is 3.24. The minimum Gasteiger partial charge on any atom is -0.488 e. The summed E-state index contributed by atoms with van der Waals surface area (Å²) in [7, 11) is 0. The fraction of sp³-hybridized carbons (Fsp3) is 0.375. The number of nitrogens with two attached hydrogens (primary N) is 1. The molecule has 2 heterocycles. The third-order valence-corrected chi connectivity index (χ3v) is 3.50. The van der Waals surface area contributed by atoms with E-state index in [1.807, 2.05) is 18.2 Å². The molecule has 0 amide bonds. The van der Waals surface area contributed by atoms with Crippen LogP contribution >= 0.6 is 0 Å². The zero-order chi connectivity index (χ0) is 14.8. The maximum absolute atomic E-state index is 5.90. The van der Waals surface area contributed by atoms with Crippen LogP contribution in [0.3, 0.4) is 0 Å². The van der Waals surface area contributed by atoms with E-state index in [4.69, 9.17) is 10.5 Å². The van der Waals surface area contributed by atoms with Crippen LogP contribution in [0.2, 0.25) is 0 Å². The van der Waals surface area contributed by atoms with Crippen molar-refractivity contribution in [1.82, 2.24) is 9.97 Å². The molecule has 1 aliphatic rings. The summed E-state index contributed by atoms with van der Waals surface area (Å²) in [6, 6.07) is 9.91. The topological polar surface area (TPSA) is 73.1 Å². The van der Waals surface area contributed by atoms with Crippen LogP contribution in [-0.2, 0) is 6.42 Å². The van der Waals surface area contributed by atoms with Gasteiger partial charge in [0.05, 0.1) is 6.54 Å². The number of nitrogens with one attached hydrogen (secondary N) is 1. The fourth-order valence-corrected chi connectivity index (χ4v) is 2.42. The molecule has 1 aromatic carbocycles. The molecule has 1 aliphatic heterocycles. The van der Waals surface area contributed by atoms with Gasteiger partial charge in [0.1, 0.15) is 29.3 Å². The van der Waals surface area contributed by atoms with Gasteiger partial charge in [-0.15, -0.1) is 0 Å². The Morgan fingerprint density at radius 3 is 2.90 bits per heavy atom. The van der Waals surface area contributed by atoms with E-state index in [0.29, 0.717) is 12.4 Å². The smallest absolute Gasteiger partial charge is 0.135 e. The first-order valence-corrected chi connectivity index (χ1v) is 7.24. The van der Waals surface area contributed by atoms with Crippen molar-refractivity contribution in [3.8, 4) is 5.75 Å². The number of aromatic nitrogens is 2. The number of ether oxygens (including phenoxy) is 1. The number of anilines is 2. The molecule has 0 radical (unpaired) electrons. The van der Waals surface area contributed by atoms with E-state index in [2.05, 4.69) is 35.2 Å². The standard InChI is InChI=1S/C16H20N4O/c1-10(2)16-19-14(17)8-15(20-16)18-9-12-7-11-5-3-4-6-13(11)21-12/h3-6,8,10,12H,7,9H2,1-2H3,(H3,17,18,19,20). The normalized spacial score (nSPS) is 16.6. The van der Waals surface area contributed by atoms with Gasteiger partial charge >= 0.3 is 0 Å². The molecule has 1 unspecified atom stereocenters. The highest BCUT2D eigenvalue weighted by Crippen LogP contribution is 2.28. The lowest BCUT2D eigenvalue weighted by Gasteiger charge is -2.14. The highest BCUT2D eigenvalue weighted by molar-refractivity contribution is 5.45. The molecule has 1 atom stereocenters. The number of benzene rings is 1. The van der Waals surface area contributed by atoms with Gasteiger partial charge in [-0.1, -0.05) is 32.0 Å². The van der Waals surface area contributed by atoms with Crippen LogP contribution in [-0.4, -0.2) is 22.6 Å². The monoisotopic (exact) mass is 284 g/mol. The Labute approximate surface area is 124 Å². The average Bonchev–Trinajstić information content (AvgIpc) is 2.87. The average molecular weight is 284 g/mol. The first-order valence-electron chi connectivity index (χ1n) is 7.24. The SMILES string of the molecule is CC(C)c1nc(N)cc(NCC2Cc3ccccc3O2)n1. The molecule has 0 aliphatic carbocycles. The summed E-state index contributed by atoms with van der Waals surface area (Å²) >= 11 is 0. The van der Waals surface area contributed by atoms with Crippen molar-refractivity contribution in [2.45, 2.75) is 32.3 Å². The van der Waals surface area contributed by atoms with E-state index in [9.17, 15) is 0 Å². The molecule has 5 nitrogen and oxygen atoms in total. The molecular formula is C16H20N4O. The molecule has 1 aromatic heterocycles. The third-order valence-electron chi connectivity index (χ3n) is 3.50. The quantitative estimate of drug-likeness (QED) is 0.902. The summed E-state index contributed by atoms with van der Waals surface area (Å²) in [6.07, 6.45) is 1.04. The molecule has 5 heteroatoms. The van der Waals surface area contributed by atoms with Crippen molar-refractivity contribution in [3.63, 3.8) is 0 Å². The van der Waals surface area contributed by atoms with Gasteiger partial charge in [-0.05, 0) is 11.6 Å². The van der Waals surface area contributed by atoms with E-state index >= 15 is 0 Å². The van der Waals surface area contributed by atoms with E-state index < -0.39 is 0 Å². The molecule has 21 heavy (non-hydrogen) atoms. The summed E-state index contributed by atoms with van der Waals surface area (Å²) in [6.45, 7) is 4.80. The predicted molar refractivity (Wildman–Crippen MR) is 83.6 cm³/mol. The molecular weight excluding hydrogens is 264 g/mol. The Balaban J connectivity index is 1.64. The number of para-hydroxylation sites is 1. The Kier molecular flexibility index (Phi) is 3.64. The first kappa shape index (κ1) is 13.7. The van der Waals surface area contributed by atoms with Crippen LogP contribution in [0.1, 0.15) is 31.2 Å².